The molecule has 1 heterocycles. The maximum atomic E-state index is 13.0. The fourth-order valence-electron chi connectivity index (χ4n) is 1.83. The number of amides is 2. The van der Waals surface area contributed by atoms with Crippen LogP contribution in [0, 0.1) is 24.1 Å². The van der Waals surface area contributed by atoms with Gasteiger partial charge in [0.05, 0.1) is 17.3 Å². The zero-order valence-electron chi connectivity index (χ0n) is 11.6. The highest BCUT2D eigenvalue weighted by atomic mass is 19.1. The summed E-state index contributed by atoms with van der Waals surface area (Å²) in [5.74, 6) is 0.851. The first-order valence-electron chi connectivity index (χ1n) is 6.33. The molecule has 0 aliphatic carbocycles. The van der Waals surface area contributed by atoms with Crippen LogP contribution < -0.4 is 10.6 Å². The molecule has 108 valence electrons. The molecule has 0 fully saturated rings. The fourth-order valence-corrected chi connectivity index (χ4v) is 1.83. The largest absolute Gasteiger partial charge is 0.464 e. The lowest BCUT2D eigenvalue weighted by Crippen LogP contribution is -2.31. The summed E-state index contributed by atoms with van der Waals surface area (Å²) in [7, 11) is 0. The van der Waals surface area contributed by atoms with E-state index in [1.54, 1.807) is 19.1 Å². The van der Waals surface area contributed by atoms with Gasteiger partial charge in [-0.05, 0) is 44.2 Å². The SMILES string of the molecule is Cc1ccc(C(C)NC(=O)Nc2ccc(F)cc2C#N)o1. The highest BCUT2D eigenvalue weighted by molar-refractivity contribution is 5.90. The van der Waals surface area contributed by atoms with Crippen molar-refractivity contribution in [1.82, 2.24) is 5.32 Å². The Morgan fingerprint density at radius 1 is 1.38 bits per heavy atom. The zero-order chi connectivity index (χ0) is 15.4. The minimum atomic E-state index is -0.531. The van der Waals surface area contributed by atoms with Crippen LogP contribution >= 0.6 is 0 Å². The van der Waals surface area contributed by atoms with Crippen LogP contribution in [0.1, 0.15) is 30.0 Å². The molecule has 0 bridgehead atoms. The van der Waals surface area contributed by atoms with Crippen molar-refractivity contribution in [2.45, 2.75) is 19.9 Å². The second-order valence-corrected chi connectivity index (χ2v) is 4.57. The Labute approximate surface area is 121 Å². The second-order valence-electron chi connectivity index (χ2n) is 4.57. The Bertz CT molecular complexity index is 703. The summed E-state index contributed by atoms with van der Waals surface area (Å²) in [4.78, 5) is 11.9. The third kappa shape index (κ3) is 3.60. The number of nitriles is 1. The summed E-state index contributed by atoms with van der Waals surface area (Å²) >= 11 is 0. The molecule has 2 aromatic rings. The van der Waals surface area contributed by atoms with Crippen molar-refractivity contribution < 1.29 is 13.6 Å². The Kier molecular flexibility index (Phi) is 4.24. The van der Waals surface area contributed by atoms with Crippen LogP contribution in [-0.4, -0.2) is 6.03 Å². The first-order chi connectivity index (χ1) is 9.99. The lowest BCUT2D eigenvalue weighted by atomic mass is 10.2. The number of rotatable bonds is 3. The predicted octanol–water partition coefficient (Wildman–Crippen LogP) is 3.48. The van der Waals surface area contributed by atoms with Crippen LogP contribution in [-0.2, 0) is 0 Å². The molecule has 2 amide bonds. The van der Waals surface area contributed by atoms with Crippen molar-refractivity contribution in [3.63, 3.8) is 0 Å². The first kappa shape index (κ1) is 14.6. The highest BCUT2D eigenvalue weighted by Crippen LogP contribution is 2.18. The predicted molar refractivity (Wildman–Crippen MR) is 75.1 cm³/mol. The molecule has 0 saturated carbocycles. The van der Waals surface area contributed by atoms with E-state index in [1.807, 2.05) is 13.0 Å². The molecule has 2 rings (SSSR count). The molecule has 5 nitrogen and oxygen atoms in total. The summed E-state index contributed by atoms with van der Waals surface area (Å²) in [5.41, 5.74) is 0.311. The van der Waals surface area contributed by atoms with E-state index in [0.29, 0.717) is 5.76 Å². The number of hydrogen-bond donors (Lipinski definition) is 2. The number of halogens is 1. The van der Waals surface area contributed by atoms with Gasteiger partial charge < -0.3 is 15.1 Å². The van der Waals surface area contributed by atoms with Crippen LogP contribution in [0.5, 0.6) is 0 Å². The van der Waals surface area contributed by atoms with Gasteiger partial charge in [0.1, 0.15) is 23.4 Å². The molecule has 1 aromatic carbocycles. The average molecular weight is 287 g/mol. The quantitative estimate of drug-likeness (QED) is 0.907. The zero-order valence-corrected chi connectivity index (χ0v) is 11.6. The van der Waals surface area contributed by atoms with Crippen molar-refractivity contribution in [2.24, 2.45) is 0 Å². The lowest BCUT2D eigenvalue weighted by molar-refractivity contribution is 0.247. The summed E-state index contributed by atoms with van der Waals surface area (Å²) in [5, 5.41) is 14.1. The summed E-state index contributed by atoms with van der Waals surface area (Å²) in [6.07, 6.45) is 0. The van der Waals surface area contributed by atoms with Crippen LogP contribution in [0.15, 0.2) is 34.7 Å². The van der Waals surface area contributed by atoms with E-state index < -0.39 is 11.8 Å². The molecule has 0 aliphatic rings. The number of anilines is 1. The van der Waals surface area contributed by atoms with Crippen LogP contribution in [0.4, 0.5) is 14.9 Å². The van der Waals surface area contributed by atoms with E-state index in [-0.39, 0.29) is 17.3 Å². The number of carbonyl (C=O) groups is 1. The number of benzene rings is 1. The number of aryl methyl sites for hydroxylation is 1. The lowest BCUT2D eigenvalue weighted by Gasteiger charge is -2.13. The molecular formula is C15H14FN3O2. The number of urea groups is 1. The monoisotopic (exact) mass is 287 g/mol. The summed E-state index contributed by atoms with van der Waals surface area (Å²) in [6, 6.07) is 8.16. The molecule has 0 aliphatic heterocycles. The molecule has 0 spiro atoms. The van der Waals surface area contributed by atoms with Crippen molar-refractivity contribution in [3.8, 4) is 6.07 Å². The van der Waals surface area contributed by atoms with Gasteiger partial charge in [-0.15, -0.1) is 0 Å². The van der Waals surface area contributed by atoms with Crippen molar-refractivity contribution in [3.05, 3.63) is 53.2 Å². The average Bonchev–Trinajstić information content (AvgIpc) is 2.87. The van der Waals surface area contributed by atoms with Gasteiger partial charge in [-0.25, -0.2) is 9.18 Å². The summed E-state index contributed by atoms with van der Waals surface area (Å²) in [6.45, 7) is 3.59. The summed E-state index contributed by atoms with van der Waals surface area (Å²) < 4.78 is 18.4. The van der Waals surface area contributed by atoms with Gasteiger partial charge in [0.25, 0.3) is 0 Å². The molecule has 1 atom stereocenters. The molecule has 1 unspecified atom stereocenters. The van der Waals surface area contributed by atoms with Gasteiger partial charge in [-0.1, -0.05) is 0 Å². The standard InChI is InChI=1S/C15H14FN3O2/c1-9-3-6-14(21-9)10(2)18-15(20)19-13-5-4-12(16)7-11(13)8-17/h3-7,10H,1-2H3,(H2,18,19,20). The van der Waals surface area contributed by atoms with Gasteiger partial charge >= 0.3 is 6.03 Å². The normalized spacial score (nSPS) is 11.5. The number of hydrogen-bond acceptors (Lipinski definition) is 3. The minimum Gasteiger partial charge on any atom is -0.464 e. The van der Waals surface area contributed by atoms with E-state index in [2.05, 4.69) is 10.6 Å². The van der Waals surface area contributed by atoms with Crippen molar-refractivity contribution in [2.75, 3.05) is 5.32 Å². The number of nitrogens with one attached hydrogen (secondary N) is 2. The van der Waals surface area contributed by atoms with Crippen LogP contribution in [0.3, 0.4) is 0 Å². The van der Waals surface area contributed by atoms with E-state index in [0.717, 1.165) is 11.8 Å². The van der Waals surface area contributed by atoms with Gasteiger partial charge in [-0.3, -0.25) is 0 Å². The maximum Gasteiger partial charge on any atom is 0.319 e. The van der Waals surface area contributed by atoms with E-state index in [9.17, 15) is 9.18 Å². The van der Waals surface area contributed by atoms with Gasteiger partial charge in [-0.2, -0.15) is 5.26 Å². The molecule has 21 heavy (non-hydrogen) atoms. The molecule has 6 heteroatoms. The highest BCUT2D eigenvalue weighted by Gasteiger charge is 2.14. The third-order valence-corrected chi connectivity index (χ3v) is 2.89. The Morgan fingerprint density at radius 2 is 2.14 bits per heavy atom. The Balaban J connectivity index is 2.04. The Hall–Kier alpha value is -2.81. The van der Waals surface area contributed by atoms with E-state index >= 15 is 0 Å². The molecule has 0 saturated heterocycles. The van der Waals surface area contributed by atoms with E-state index in [4.69, 9.17) is 9.68 Å². The number of nitrogens with zero attached hydrogens (tertiary/aromatic N) is 1. The first-order valence-corrected chi connectivity index (χ1v) is 6.33. The van der Waals surface area contributed by atoms with Gasteiger partial charge in [0.2, 0.25) is 0 Å². The van der Waals surface area contributed by atoms with Gasteiger partial charge in [0, 0.05) is 0 Å². The molecule has 0 radical (unpaired) electrons. The molecule has 1 aromatic heterocycles. The topological polar surface area (TPSA) is 78.1 Å². The molecule has 2 N–H and O–H groups in total. The number of furan rings is 1. The minimum absolute atomic E-state index is 0.0617. The smallest absolute Gasteiger partial charge is 0.319 e. The van der Waals surface area contributed by atoms with Gasteiger partial charge in [0.15, 0.2) is 0 Å². The fraction of sp³-hybridized carbons (Fsp3) is 0.200. The third-order valence-electron chi connectivity index (χ3n) is 2.89. The van der Waals surface area contributed by atoms with Crippen molar-refractivity contribution in [1.29, 1.82) is 5.26 Å². The van der Waals surface area contributed by atoms with E-state index in [1.165, 1.54) is 12.1 Å². The second kappa shape index (κ2) is 6.09. The Morgan fingerprint density at radius 3 is 2.76 bits per heavy atom. The van der Waals surface area contributed by atoms with Crippen LogP contribution in [0.2, 0.25) is 0 Å². The van der Waals surface area contributed by atoms with Crippen molar-refractivity contribution >= 4 is 11.7 Å². The number of carbonyl (C=O) groups excluding carboxylic acids is 1. The molecular weight excluding hydrogens is 273 g/mol. The maximum absolute atomic E-state index is 13.0. The van der Waals surface area contributed by atoms with Crippen LogP contribution in [0.25, 0.3) is 0 Å².